The second-order valence-corrected chi connectivity index (χ2v) is 3.98. The summed E-state index contributed by atoms with van der Waals surface area (Å²) < 4.78 is 18.7. The lowest BCUT2D eigenvalue weighted by molar-refractivity contribution is -0.107. The van der Waals surface area contributed by atoms with Gasteiger partial charge in [0.25, 0.3) is 6.01 Å². The normalized spacial score (nSPS) is 11.1. The van der Waals surface area contributed by atoms with Crippen LogP contribution in [0.2, 0.25) is 0 Å². The Morgan fingerprint density at radius 1 is 1.11 bits per heavy atom. The monoisotopic (exact) mass is 256 g/mol. The molecule has 0 atom stereocenters. The van der Waals surface area contributed by atoms with Gasteiger partial charge in [-0.05, 0) is 23.3 Å². The second kappa shape index (κ2) is 6.50. The van der Waals surface area contributed by atoms with Gasteiger partial charge < -0.3 is 9.53 Å². The van der Waals surface area contributed by atoms with Gasteiger partial charge in [-0.25, -0.2) is 0 Å². The van der Waals surface area contributed by atoms with Crippen LogP contribution in [0.25, 0.3) is 6.08 Å². The molecule has 0 saturated carbocycles. The van der Waals surface area contributed by atoms with E-state index in [1.807, 2.05) is 18.2 Å². The molecule has 0 fully saturated rings. The summed E-state index contributed by atoms with van der Waals surface area (Å²) in [5.74, 6) is 0.379. The van der Waals surface area contributed by atoms with Crippen LogP contribution in [-0.2, 0) is 11.2 Å². The molecule has 0 aliphatic carbocycles. The molecule has 2 nitrogen and oxygen atoms in total. The van der Waals surface area contributed by atoms with Crippen molar-refractivity contribution in [2.24, 2.45) is 0 Å². The minimum absolute atomic E-state index is 0.293. The average molecular weight is 256 g/mol. The maximum atomic E-state index is 13.7. The predicted molar refractivity (Wildman–Crippen MR) is 72.4 cm³/mol. The first-order valence-corrected chi connectivity index (χ1v) is 5.90. The molecule has 0 spiro atoms. The largest absolute Gasteiger partial charge is 0.432 e. The van der Waals surface area contributed by atoms with Gasteiger partial charge in [0.1, 0.15) is 12.0 Å². The molecule has 0 saturated heterocycles. The third-order valence-corrected chi connectivity index (χ3v) is 2.51. The zero-order valence-electron chi connectivity index (χ0n) is 10.3. The van der Waals surface area contributed by atoms with E-state index in [4.69, 9.17) is 4.74 Å². The van der Waals surface area contributed by atoms with Crippen LogP contribution in [0.4, 0.5) is 4.39 Å². The van der Waals surface area contributed by atoms with Gasteiger partial charge in [0.2, 0.25) is 0 Å². The smallest absolute Gasteiger partial charge is 0.278 e. The number of hydrogen-bond acceptors (Lipinski definition) is 2. The summed E-state index contributed by atoms with van der Waals surface area (Å²) >= 11 is 0. The Balaban J connectivity index is 2.10. The molecule has 0 bridgehead atoms. The number of halogens is 1. The van der Waals surface area contributed by atoms with Gasteiger partial charge in [-0.2, -0.15) is 4.39 Å². The van der Waals surface area contributed by atoms with Crippen molar-refractivity contribution in [2.75, 3.05) is 0 Å². The number of hydrogen-bond donors (Lipinski definition) is 0. The molecule has 3 heteroatoms. The van der Waals surface area contributed by atoms with E-state index >= 15 is 0 Å². The summed E-state index contributed by atoms with van der Waals surface area (Å²) in [6, 6.07) is 15.2. The summed E-state index contributed by atoms with van der Waals surface area (Å²) in [4.78, 5) is 10.4. The third-order valence-electron chi connectivity index (χ3n) is 2.51. The van der Waals surface area contributed by atoms with E-state index in [2.05, 4.69) is 0 Å². The molecule has 0 amide bonds. The molecule has 19 heavy (non-hydrogen) atoms. The number of aldehydes is 1. The second-order valence-electron chi connectivity index (χ2n) is 3.98. The standard InChI is InChI=1S/C16H13FO2/c17-16(12-13-5-2-1-3-6-13)19-15-8-4-7-14(11-15)9-10-18/h1-8,10-12H,9H2. The van der Waals surface area contributed by atoms with Crippen LogP contribution in [0.5, 0.6) is 5.75 Å². The maximum Gasteiger partial charge on any atom is 0.278 e. The molecule has 2 rings (SSSR count). The van der Waals surface area contributed by atoms with Gasteiger partial charge in [0.15, 0.2) is 0 Å². The number of ether oxygens (including phenoxy) is 1. The van der Waals surface area contributed by atoms with Crippen LogP contribution in [0.1, 0.15) is 11.1 Å². The molecule has 0 radical (unpaired) electrons. The molecule has 2 aromatic carbocycles. The predicted octanol–water partition coefficient (Wildman–Crippen LogP) is 3.77. The third kappa shape index (κ3) is 4.07. The van der Waals surface area contributed by atoms with Crippen molar-refractivity contribution in [1.82, 2.24) is 0 Å². The molecular formula is C16H13FO2. The highest BCUT2D eigenvalue weighted by Gasteiger charge is 2.01. The highest BCUT2D eigenvalue weighted by molar-refractivity contribution is 5.55. The Kier molecular flexibility index (Phi) is 4.45. The van der Waals surface area contributed by atoms with E-state index in [0.717, 1.165) is 17.4 Å². The van der Waals surface area contributed by atoms with Gasteiger partial charge >= 0.3 is 0 Å². The van der Waals surface area contributed by atoms with E-state index in [0.29, 0.717) is 12.2 Å². The topological polar surface area (TPSA) is 26.3 Å². The Labute approximate surface area is 111 Å². The first-order valence-electron chi connectivity index (χ1n) is 5.90. The zero-order chi connectivity index (χ0) is 13.5. The average Bonchev–Trinajstić information content (AvgIpc) is 2.40. The van der Waals surface area contributed by atoms with Gasteiger partial charge in [-0.1, -0.05) is 42.5 Å². The first kappa shape index (κ1) is 13.0. The lowest BCUT2D eigenvalue weighted by atomic mass is 10.1. The molecule has 96 valence electrons. The van der Waals surface area contributed by atoms with E-state index in [9.17, 15) is 9.18 Å². The number of carbonyl (C=O) groups is 1. The SMILES string of the molecule is O=CCc1cccc(OC(F)=Cc2ccccc2)c1. The van der Waals surface area contributed by atoms with Crippen molar-refractivity contribution in [3.05, 3.63) is 71.7 Å². The maximum absolute atomic E-state index is 13.7. The number of rotatable bonds is 5. The fraction of sp³-hybridized carbons (Fsp3) is 0.0625. The molecule has 0 aliphatic rings. The van der Waals surface area contributed by atoms with E-state index in [1.165, 1.54) is 6.08 Å². The van der Waals surface area contributed by atoms with Crippen LogP contribution >= 0.6 is 0 Å². The summed E-state index contributed by atoms with van der Waals surface area (Å²) in [6.45, 7) is 0. The molecular weight excluding hydrogens is 243 g/mol. The van der Waals surface area contributed by atoms with Crippen molar-refractivity contribution in [1.29, 1.82) is 0 Å². The number of carbonyl (C=O) groups excluding carboxylic acids is 1. The lowest BCUT2D eigenvalue weighted by Gasteiger charge is -2.04. The van der Waals surface area contributed by atoms with Crippen LogP contribution in [0, 0.1) is 0 Å². The van der Waals surface area contributed by atoms with Crippen LogP contribution in [0.15, 0.2) is 60.6 Å². The van der Waals surface area contributed by atoms with Gasteiger partial charge in [-0.15, -0.1) is 0 Å². The highest BCUT2D eigenvalue weighted by Crippen LogP contribution is 2.18. The molecule has 0 heterocycles. The van der Waals surface area contributed by atoms with Crippen LogP contribution < -0.4 is 4.74 Å². The Hall–Kier alpha value is -2.42. The summed E-state index contributed by atoms with van der Waals surface area (Å²) in [5.41, 5.74) is 1.52. The Morgan fingerprint density at radius 2 is 1.89 bits per heavy atom. The van der Waals surface area contributed by atoms with E-state index in [-0.39, 0.29) is 0 Å². The Morgan fingerprint density at radius 3 is 2.63 bits per heavy atom. The quantitative estimate of drug-likeness (QED) is 0.601. The Bertz CT molecular complexity index is 576. The van der Waals surface area contributed by atoms with Crippen molar-refractivity contribution >= 4 is 12.4 Å². The van der Waals surface area contributed by atoms with Gasteiger partial charge in [-0.3, -0.25) is 0 Å². The van der Waals surface area contributed by atoms with Crippen molar-refractivity contribution in [2.45, 2.75) is 6.42 Å². The summed E-state index contributed by atoms with van der Waals surface area (Å²) in [5, 5.41) is 0. The lowest BCUT2D eigenvalue weighted by Crippen LogP contribution is -1.92. The highest BCUT2D eigenvalue weighted by atomic mass is 19.1. The fourth-order valence-electron chi connectivity index (χ4n) is 1.65. The van der Waals surface area contributed by atoms with Crippen molar-refractivity contribution in [3.63, 3.8) is 0 Å². The summed E-state index contributed by atoms with van der Waals surface area (Å²) in [6.07, 6.45) is 2.41. The minimum atomic E-state index is -0.686. The van der Waals surface area contributed by atoms with E-state index in [1.54, 1.807) is 36.4 Å². The molecule has 0 aromatic heterocycles. The van der Waals surface area contributed by atoms with Crippen molar-refractivity contribution in [3.8, 4) is 5.75 Å². The molecule has 0 aliphatic heterocycles. The van der Waals surface area contributed by atoms with Gasteiger partial charge in [0, 0.05) is 12.5 Å². The first-order chi connectivity index (χ1) is 9.28. The van der Waals surface area contributed by atoms with Crippen molar-refractivity contribution < 1.29 is 13.9 Å². The molecule has 2 aromatic rings. The van der Waals surface area contributed by atoms with Crippen LogP contribution in [0.3, 0.4) is 0 Å². The van der Waals surface area contributed by atoms with Gasteiger partial charge in [0.05, 0.1) is 0 Å². The van der Waals surface area contributed by atoms with E-state index < -0.39 is 6.01 Å². The number of benzene rings is 2. The fourth-order valence-corrected chi connectivity index (χ4v) is 1.65. The molecule has 0 unspecified atom stereocenters. The molecule has 0 N–H and O–H groups in total. The zero-order valence-corrected chi connectivity index (χ0v) is 10.3. The summed E-state index contributed by atoms with van der Waals surface area (Å²) in [7, 11) is 0. The van der Waals surface area contributed by atoms with Crippen LogP contribution in [-0.4, -0.2) is 6.29 Å². The minimum Gasteiger partial charge on any atom is -0.432 e.